The van der Waals surface area contributed by atoms with Crippen LogP contribution in [0.1, 0.15) is 57.8 Å². The van der Waals surface area contributed by atoms with E-state index in [0.717, 1.165) is 31.2 Å². The fourth-order valence-corrected chi connectivity index (χ4v) is 4.86. The molecule has 0 fully saturated rings. The first-order valence-corrected chi connectivity index (χ1v) is 10.2. The van der Waals surface area contributed by atoms with Crippen molar-refractivity contribution < 1.29 is 19.1 Å². The fourth-order valence-electron chi connectivity index (χ4n) is 3.51. The van der Waals surface area contributed by atoms with Crippen LogP contribution in [0.4, 0.5) is 5.00 Å². The molecule has 1 aliphatic carbocycles. The summed E-state index contributed by atoms with van der Waals surface area (Å²) in [6.45, 7) is 4.54. The molecular formula is C21H25NO4S. The molecule has 0 saturated carbocycles. The van der Waals surface area contributed by atoms with E-state index in [0.29, 0.717) is 34.4 Å². The number of carbonyl (C=O) groups excluding carboxylic acids is 2. The van der Waals surface area contributed by atoms with Crippen LogP contribution in [0.2, 0.25) is 0 Å². The average Bonchev–Trinajstić information content (AvgIpc) is 3.04. The SMILES string of the molecule is CCOc1ccccc1C(=O)Nc1sc2c(c1C(=O)OC)CCC(CC)C2. The Morgan fingerprint density at radius 2 is 2.04 bits per heavy atom. The Kier molecular flexibility index (Phi) is 6.16. The van der Waals surface area contributed by atoms with E-state index in [9.17, 15) is 9.59 Å². The summed E-state index contributed by atoms with van der Waals surface area (Å²) in [6.07, 6.45) is 3.98. The van der Waals surface area contributed by atoms with Crippen molar-refractivity contribution >= 4 is 28.2 Å². The Bertz CT molecular complexity index is 843. The van der Waals surface area contributed by atoms with Gasteiger partial charge in [-0.15, -0.1) is 11.3 Å². The summed E-state index contributed by atoms with van der Waals surface area (Å²) in [5.41, 5.74) is 1.99. The molecule has 0 spiro atoms. The molecule has 1 unspecified atom stereocenters. The molecule has 2 aromatic rings. The van der Waals surface area contributed by atoms with E-state index in [1.807, 2.05) is 13.0 Å². The van der Waals surface area contributed by atoms with Crippen LogP contribution in [0.3, 0.4) is 0 Å². The number of anilines is 1. The number of thiophene rings is 1. The molecule has 1 atom stereocenters. The van der Waals surface area contributed by atoms with Crippen LogP contribution in [-0.2, 0) is 17.6 Å². The first-order valence-electron chi connectivity index (χ1n) is 9.35. The Morgan fingerprint density at radius 3 is 2.74 bits per heavy atom. The van der Waals surface area contributed by atoms with Gasteiger partial charge in [0.25, 0.3) is 5.91 Å². The van der Waals surface area contributed by atoms with Crippen molar-refractivity contribution in [1.82, 2.24) is 0 Å². The summed E-state index contributed by atoms with van der Waals surface area (Å²) in [5.74, 6) is 0.485. The van der Waals surface area contributed by atoms with E-state index in [1.54, 1.807) is 18.2 Å². The summed E-state index contributed by atoms with van der Waals surface area (Å²) in [6, 6.07) is 7.12. The lowest BCUT2D eigenvalue weighted by atomic mass is 9.85. The van der Waals surface area contributed by atoms with Crippen LogP contribution in [0.15, 0.2) is 24.3 Å². The zero-order valence-corrected chi connectivity index (χ0v) is 16.8. The first-order chi connectivity index (χ1) is 13.1. The number of amides is 1. The number of esters is 1. The number of methoxy groups -OCH3 is 1. The number of carbonyl (C=O) groups is 2. The molecule has 0 bridgehead atoms. The van der Waals surface area contributed by atoms with Gasteiger partial charge < -0.3 is 14.8 Å². The second kappa shape index (κ2) is 8.57. The number of benzene rings is 1. The molecule has 1 amide bonds. The van der Waals surface area contributed by atoms with Crippen LogP contribution in [0.5, 0.6) is 5.75 Å². The molecule has 1 aromatic heterocycles. The van der Waals surface area contributed by atoms with Crippen LogP contribution in [-0.4, -0.2) is 25.6 Å². The van der Waals surface area contributed by atoms with Gasteiger partial charge in [0.2, 0.25) is 0 Å². The smallest absolute Gasteiger partial charge is 0.341 e. The summed E-state index contributed by atoms with van der Waals surface area (Å²) < 4.78 is 10.6. The maximum Gasteiger partial charge on any atom is 0.341 e. The zero-order chi connectivity index (χ0) is 19.4. The van der Waals surface area contributed by atoms with E-state index in [1.165, 1.54) is 23.3 Å². The van der Waals surface area contributed by atoms with Gasteiger partial charge in [-0.2, -0.15) is 0 Å². The van der Waals surface area contributed by atoms with Gasteiger partial charge in [-0.3, -0.25) is 4.79 Å². The highest BCUT2D eigenvalue weighted by atomic mass is 32.1. The standard InChI is InChI=1S/C21H25NO4S/c1-4-13-10-11-15-17(12-13)27-20(18(15)21(24)25-3)22-19(23)14-8-6-7-9-16(14)26-5-2/h6-9,13H,4-5,10-12H2,1-3H3,(H,22,23). The van der Waals surface area contributed by atoms with E-state index >= 15 is 0 Å². The Morgan fingerprint density at radius 1 is 1.26 bits per heavy atom. The van der Waals surface area contributed by atoms with Crippen molar-refractivity contribution in [2.75, 3.05) is 19.0 Å². The molecule has 0 saturated heterocycles. The maximum atomic E-state index is 12.9. The number of rotatable bonds is 6. The summed E-state index contributed by atoms with van der Waals surface area (Å²) in [7, 11) is 1.38. The number of ether oxygens (including phenoxy) is 2. The molecule has 1 aliphatic rings. The minimum Gasteiger partial charge on any atom is -0.493 e. The Balaban J connectivity index is 1.94. The molecular weight excluding hydrogens is 362 g/mol. The predicted molar refractivity (Wildman–Crippen MR) is 107 cm³/mol. The van der Waals surface area contributed by atoms with Gasteiger partial charge in [0.1, 0.15) is 10.8 Å². The van der Waals surface area contributed by atoms with E-state index in [2.05, 4.69) is 12.2 Å². The third-order valence-corrected chi connectivity index (χ3v) is 6.16. The van der Waals surface area contributed by atoms with E-state index in [4.69, 9.17) is 9.47 Å². The van der Waals surface area contributed by atoms with Gasteiger partial charge in [-0.05, 0) is 49.8 Å². The fraction of sp³-hybridized carbons (Fsp3) is 0.429. The lowest BCUT2D eigenvalue weighted by molar-refractivity contribution is 0.0601. The molecule has 3 rings (SSSR count). The highest BCUT2D eigenvalue weighted by Crippen LogP contribution is 2.41. The van der Waals surface area contributed by atoms with Crippen LogP contribution in [0.25, 0.3) is 0 Å². The molecule has 1 aromatic carbocycles. The number of nitrogens with one attached hydrogen (secondary N) is 1. The van der Waals surface area contributed by atoms with Gasteiger partial charge in [0.05, 0.1) is 24.8 Å². The topological polar surface area (TPSA) is 64.6 Å². The van der Waals surface area contributed by atoms with Crippen molar-refractivity contribution in [3.63, 3.8) is 0 Å². The van der Waals surface area contributed by atoms with Crippen LogP contribution < -0.4 is 10.1 Å². The third kappa shape index (κ3) is 4.00. The van der Waals surface area contributed by atoms with Gasteiger partial charge >= 0.3 is 5.97 Å². The van der Waals surface area contributed by atoms with Gasteiger partial charge in [0.15, 0.2) is 0 Å². The lowest BCUT2D eigenvalue weighted by Crippen LogP contribution is -2.17. The Hall–Kier alpha value is -2.34. The molecule has 1 N–H and O–H groups in total. The summed E-state index contributed by atoms with van der Waals surface area (Å²) >= 11 is 1.49. The van der Waals surface area contributed by atoms with Crippen molar-refractivity contribution in [2.24, 2.45) is 5.92 Å². The largest absolute Gasteiger partial charge is 0.493 e. The van der Waals surface area contributed by atoms with Gasteiger partial charge in [-0.1, -0.05) is 25.5 Å². The predicted octanol–water partition coefficient (Wildman–Crippen LogP) is 4.70. The maximum absolute atomic E-state index is 12.9. The van der Waals surface area contributed by atoms with Crippen molar-refractivity contribution in [3.05, 3.63) is 45.8 Å². The quantitative estimate of drug-likeness (QED) is 0.730. The van der Waals surface area contributed by atoms with Crippen LogP contribution >= 0.6 is 11.3 Å². The second-order valence-corrected chi connectivity index (χ2v) is 7.71. The first kappa shape index (κ1) is 19.4. The highest BCUT2D eigenvalue weighted by Gasteiger charge is 2.30. The van der Waals surface area contributed by atoms with E-state index in [-0.39, 0.29) is 5.91 Å². The molecule has 1 heterocycles. The monoisotopic (exact) mass is 387 g/mol. The van der Waals surface area contributed by atoms with Crippen molar-refractivity contribution in [2.45, 2.75) is 39.5 Å². The Labute approximate surface area is 163 Å². The summed E-state index contributed by atoms with van der Waals surface area (Å²) in [4.78, 5) is 26.5. The number of hydrogen-bond acceptors (Lipinski definition) is 5. The molecule has 0 aliphatic heterocycles. The number of hydrogen-bond donors (Lipinski definition) is 1. The number of fused-ring (bicyclic) bond motifs is 1. The molecule has 0 radical (unpaired) electrons. The van der Waals surface area contributed by atoms with Crippen LogP contribution in [0, 0.1) is 5.92 Å². The van der Waals surface area contributed by atoms with Crippen molar-refractivity contribution in [3.8, 4) is 5.75 Å². The normalized spacial score (nSPS) is 15.7. The molecule has 5 nitrogen and oxygen atoms in total. The van der Waals surface area contributed by atoms with Gasteiger partial charge in [0, 0.05) is 4.88 Å². The zero-order valence-electron chi connectivity index (χ0n) is 16.0. The van der Waals surface area contributed by atoms with Crippen molar-refractivity contribution in [1.29, 1.82) is 0 Å². The minimum absolute atomic E-state index is 0.283. The highest BCUT2D eigenvalue weighted by molar-refractivity contribution is 7.17. The third-order valence-electron chi connectivity index (χ3n) is 4.99. The lowest BCUT2D eigenvalue weighted by Gasteiger charge is -2.20. The molecule has 27 heavy (non-hydrogen) atoms. The number of para-hydroxylation sites is 1. The molecule has 6 heteroatoms. The minimum atomic E-state index is -0.393. The second-order valence-electron chi connectivity index (χ2n) is 6.60. The summed E-state index contributed by atoms with van der Waals surface area (Å²) in [5, 5.41) is 3.50. The van der Waals surface area contributed by atoms with Gasteiger partial charge in [-0.25, -0.2) is 4.79 Å². The average molecular weight is 388 g/mol. The molecule has 144 valence electrons. The van der Waals surface area contributed by atoms with E-state index < -0.39 is 5.97 Å².